The fourth-order valence-electron chi connectivity index (χ4n) is 1.80. The van der Waals surface area contributed by atoms with Gasteiger partial charge < -0.3 is 5.73 Å². The zero-order valence-electron chi connectivity index (χ0n) is 9.32. The molecule has 0 heterocycles. The first-order valence-electron chi connectivity index (χ1n) is 5.54. The molecule has 0 unspecified atom stereocenters. The van der Waals surface area contributed by atoms with E-state index in [1.54, 1.807) is 0 Å². The van der Waals surface area contributed by atoms with Crippen molar-refractivity contribution in [2.75, 3.05) is 0 Å². The Morgan fingerprint density at radius 2 is 2.12 bits per heavy atom. The van der Waals surface area contributed by atoms with Gasteiger partial charge >= 0.3 is 0 Å². The highest BCUT2D eigenvalue weighted by atomic mass is 32.2. The number of rotatable bonds is 4. The van der Waals surface area contributed by atoms with Gasteiger partial charge in [0.25, 0.3) is 0 Å². The molecule has 1 fully saturated rings. The van der Waals surface area contributed by atoms with Gasteiger partial charge in [-0.3, -0.25) is 0 Å². The monoisotopic (exact) mass is 258 g/mol. The molecule has 1 aliphatic carbocycles. The summed E-state index contributed by atoms with van der Waals surface area (Å²) in [4.78, 5) is -0.0492. The minimum atomic E-state index is -3.66. The summed E-state index contributed by atoms with van der Waals surface area (Å²) in [5.74, 6) is -0.580. The molecule has 1 aromatic rings. The highest BCUT2D eigenvalue weighted by molar-refractivity contribution is 7.89. The lowest BCUT2D eigenvalue weighted by atomic mass is 9.94. The molecule has 0 amide bonds. The maximum absolute atomic E-state index is 13.4. The molecule has 0 radical (unpaired) electrons. The zero-order valence-corrected chi connectivity index (χ0v) is 10.1. The molecule has 4 nitrogen and oxygen atoms in total. The van der Waals surface area contributed by atoms with Gasteiger partial charge in [0.2, 0.25) is 10.0 Å². The maximum Gasteiger partial charge on any atom is 0.241 e. The Balaban J connectivity index is 2.34. The number of sulfonamides is 1. The second-order valence-corrected chi connectivity index (χ2v) is 5.85. The molecule has 3 N–H and O–H groups in total. The minimum Gasteiger partial charge on any atom is -0.326 e. The van der Waals surface area contributed by atoms with Crippen molar-refractivity contribution in [1.82, 2.24) is 4.72 Å². The second kappa shape index (κ2) is 4.72. The molecular weight excluding hydrogens is 243 g/mol. The molecule has 94 valence electrons. The number of hydrogen-bond donors (Lipinski definition) is 2. The van der Waals surface area contributed by atoms with Gasteiger partial charge in [-0.2, -0.15) is 0 Å². The van der Waals surface area contributed by atoms with Crippen LogP contribution in [0.15, 0.2) is 23.1 Å². The van der Waals surface area contributed by atoms with Gasteiger partial charge in [-0.25, -0.2) is 17.5 Å². The average molecular weight is 258 g/mol. The third kappa shape index (κ3) is 2.48. The van der Waals surface area contributed by atoms with E-state index >= 15 is 0 Å². The zero-order chi connectivity index (χ0) is 12.5. The molecule has 0 saturated heterocycles. The van der Waals surface area contributed by atoms with Crippen LogP contribution in [0.1, 0.15) is 24.8 Å². The number of nitrogens with two attached hydrogens (primary N) is 1. The molecule has 0 bridgehead atoms. The Morgan fingerprint density at radius 3 is 2.65 bits per heavy atom. The standard InChI is InChI=1S/C11H15FN2O2S/c12-10-5-2-6-11(9(10)7-13)17(15,16)14-8-3-1-4-8/h2,5-6,8,14H,1,3-4,7,13H2. The summed E-state index contributed by atoms with van der Waals surface area (Å²) in [6.45, 7) is -0.131. The molecule has 0 atom stereocenters. The van der Waals surface area contributed by atoms with Crippen molar-refractivity contribution in [1.29, 1.82) is 0 Å². The van der Waals surface area contributed by atoms with Crippen molar-refractivity contribution in [3.8, 4) is 0 Å². The smallest absolute Gasteiger partial charge is 0.241 e. The van der Waals surface area contributed by atoms with Gasteiger partial charge in [0.05, 0.1) is 4.90 Å². The Kier molecular flexibility index (Phi) is 3.46. The molecule has 1 saturated carbocycles. The van der Waals surface area contributed by atoms with Gasteiger partial charge in [-0.1, -0.05) is 12.5 Å². The van der Waals surface area contributed by atoms with Gasteiger partial charge in [0.15, 0.2) is 0 Å². The van der Waals surface area contributed by atoms with E-state index in [1.807, 2.05) is 0 Å². The van der Waals surface area contributed by atoms with E-state index in [2.05, 4.69) is 4.72 Å². The summed E-state index contributed by atoms with van der Waals surface area (Å²) in [5.41, 5.74) is 5.43. The summed E-state index contributed by atoms with van der Waals surface area (Å²) in [6, 6.07) is 3.95. The lowest BCUT2D eigenvalue weighted by Crippen LogP contribution is -2.39. The Hall–Kier alpha value is -0.980. The molecule has 6 heteroatoms. The van der Waals surface area contributed by atoms with Gasteiger partial charge in [-0.05, 0) is 25.0 Å². The van der Waals surface area contributed by atoms with Crippen LogP contribution in [0.5, 0.6) is 0 Å². The van der Waals surface area contributed by atoms with Crippen LogP contribution in [0.2, 0.25) is 0 Å². The third-order valence-corrected chi connectivity index (χ3v) is 4.60. The first kappa shape index (κ1) is 12.5. The van der Waals surface area contributed by atoms with E-state index in [1.165, 1.54) is 18.2 Å². The van der Waals surface area contributed by atoms with Gasteiger partial charge in [0, 0.05) is 18.2 Å². The summed E-state index contributed by atoms with van der Waals surface area (Å²) >= 11 is 0. The highest BCUT2D eigenvalue weighted by Gasteiger charge is 2.26. The predicted octanol–water partition coefficient (Wildman–Crippen LogP) is 1.12. The summed E-state index contributed by atoms with van der Waals surface area (Å²) in [5, 5.41) is 0. The fraction of sp³-hybridized carbons (Fsp3) is 0.455. The summed E-state index contributed by atoms with van der Waals surface area (Å²) in [6.07, 6.45) is 2.71. The molecule has 17 heavy (non-hydrogen) atoms. The maximum atomic E-state index is 13.4. The first-order valence-corrected chi connectivity index (χ1v) is 7.02. The van der Waals surface area contributed by atoms with E-state index < -0.39 is 15.8 Å². The van der Waals surface area contributed by atoms with Crippen molar-refractivity contribution in [3.63, 3.8) is 0 Å². The quantitative estimate of drug-likeness (QED) is 0.850. The van der Waals surface area contributed by atoms with Crippen molar-refractivity contribution in [2.24, 2.45) is 5.73 Å². The van der Waals surface area contributed by atoms with Crippen molar-refractivity contribution in [3.05, 3.63) is 29.6 Å². The molecule has 1 aromatic carbocycles. The summed E-state index contributed by atoms with van der Waals surface area (Å²) < 4.78 is 40.1. The Bertz CT molecular complexity index is 512. The SMILES string of the molecule is NCc1c(F)cccc1S(=O)(=O)NC1CCC1. The normalized spacial score (nSPS) is 16.8. The highest BCUT2D eigenvalue weighted by Crippen LogP contribution is 2.23. The Morgan fingerprint density at radius 1 is 1.41 bits per heavy atom. The van der Waals surface area contributed by atoms with Gasteiger partial charge in [-0.15, -0.1) is 0 Å². The summed E-state index contributed by atoms with van der Waals surface area (Å²) in [7, 11) is -3.66. The number of halogens is 1. The van der Waals surface area contributed by atoms with Crippen LogP contribution in [-0.4, -0.2) is 14.5 Å². The average Bonchev–Trinajstić information content (AvgIpc) is 2.23. The first-order chi connectivity index (χ1) is 8.04. The molecule has 0 aromatic heterocycles. The third-order valence-electron chi connectivity index (χ3n) is 3.00. The molecule has 0 spiro atoms. The lowest BCUT2D eigenvalue weighted by Gasteiger charge is -2.26. The van der Waals surface area contributed by atoms with E-state index in [4.69, 9.17) is 5.73 Å². The Labute approximate surface area is 100 Å². The van der Waals surface area contributed by atoms with E-state index in [0.29, 0.717) is 0 Å². The van der Waals surface area contributed by atoms with Crippen molar-refractivity contribution in [2.45, 2.75) is 36.7 Å². The topological polar surface area (TPSA) is 72.2 Å². The molecule has 2 rings (SSSR count). The van der Waals surface area contributed by atoms with Crippen LogP contribution in [0.4, 0.5) is 4.39 Å². The number of hydrogen-bond acceptors (Lipinski definition) is 3. The van der Waals surface area contributed by atoms with Gasteiger partial charge in [0.1, 0.15) is 5.82 Å². The molecule has 0 aliphatic heterocycles. The van der Waals surface area contributed by atoms with Crippen LogP contribution in [0.25, 0.3) is 0 Å². The van der Waals surface area contributed by atoms with E-state index in [-0.39, 0.29) is 23.0 Å². The van der Waals surface area contributed by atoms with Crippen LogP contribution in [-0.2, 0) is 16.6 Å². The van der Waals surface area contributed by atoms with Crippen LogP contribution < -0.4 is 10.5 Å². The van der Waals surface area contributed by atoms with E-state index in [9.17, 15) is 12.8 Å². The molecular formula is C11H15FN2O2S. The van der Waals surface area contributed by atoms with Crippen molar-refractivity contribution >= 4 is 10.0 Å². The number of nitrogens with one attached hydrogen (secondary N) is 1. The van der Waals surface area contributed by atoms with Crippen LogP contribution in [0, 0.1) is 5.82 Å². The minimum absolute atomic E-state index is 0.0195. The fourth-order valence-corrected chi connectivity index (χ4v) is 3.36. The van der Waals surface area contributed by atoms with Crippen molar-refractivity contribution < 1.29 is 12.8 Å². The lowest BCUT2D eigenvalue weighted by molar-refractivity contribution is 0.383. The van der Waals surface area contributed by atoms with Crippen LogP contribution >= 0.6 is 0 Å². The molecule has 1 aliphatic rings. The van der Waals surface area contributed by atoms with Crippen LogP contribution in [0.3, 0.4) is 0 Å². The number of benzene rings is 1. The second-order valence-electron chi connectivity index (χ2n) is 4.17. The predicted molar refractivity (Wildman–Crippen MR) is 62.3 cm³/mol. The largest absolute Gasteiger partial charge is 0.326 e. The van der Waals surface area contributed by atoms with E-state index in [0.717, 1.165) is 19.3 Å².